The summed E-state index contributed by atoms with van der Waals surface area (Å²) in [4.78, 5) is 2.54. The second kappa shape index (κ2) is 3.95. The van der Waals surface area contributed by atoms with Crippen LogP contribution >= 0.6 is 11.6 Å². The summed E-state index contributed by atoms with van der Waals surface area (Å²) in [6.45, 7) is 4.31. The SMILES string of the molecule is ClCC1CCN(C2CCOC2)C1. The Kier molecular flexibility index (Phi) is 2.89. The zero-order valence-electron chi connectivity index (χ0n) is 7.34. The molecule has 3 heteroatoms. The summed E-state index contributed by atoms with van der Waals surface area (Å²) in [7, 11) is 0. The Balaban J connectivity index is 1.81. The molecular weight excluding hydrogens is 174 g/mol. The van der Waals surface area contributed by atoms with Crippen molar-refractivity contribution in [2.45, 2.75) is 18.9 Å². The summed E-state index contributed by atoms with van der Waals surface area (Å²) in [5, 5.41) is 0. The highest BCUT2D eigenvalue weighted by atomic mass is 35.5. The third kappa shape index (κ3) is 1.76. The van der Waals surface area contributed by atoms with Crippen LogP contribution in [0.2, 0.25) is 0 Å². The van der Waals surface area contributed by atoms with Crippen LogP contribution in [0.25, 0.3) is 0 Å². The highest BCUT2D eigenvalue weighted by molar-refractivity contribution is 6.18. The first-order valence-electron chi connectivity index (χ1n) is 4.78. The minimum Gasteiger partial charge on any atom is -0.380 e. The van der Waals surface area contributed by atoms with Gasteiger partial charge in [0.05, 0.1) is 6.61 Å². The number of hydrogen-bond donors (Lipinski definition) is 0. The third-order valence-corrected chi connectivity index (χ3v) is 3.39. The van der Waals surface area contributed by atoms with E-state index in [1.807, 2.05) is 0 Å². The molecule has 2 nitrogen and oxygen atoms in total. The molecule has 12 heavy (non-hydrogen) atoms. The van der Waals surface area contributed by atoms with E-state index < -0.39 is 0 Å². The molecule has 0 spiro atoms. The van der Waals surface area contributed by atoms with Gasteiger partial charge in [-0.3, -0.25) is 4.90 Å². The lowest BCUT2D eigenvalue weighted by Gasteiger charge is -2.21. The van der Waals surface area contributed by atoms with Crippen LogP contribution in [0.5, 0.6) is 0 Å². The summed E-state index contributed by atoms with van der Waals surface area (Å²) < 4.78 is 5.36. The molecule has 2 atom stereocenters. The van der Waals surface area contributed by atoms with Crippen molar-refractivity contribution in [1.29, 1.82) is 0 Å². The third-order valence-electron chi connectivity index (χ3n) is 2.96. The first-order valence-corrected chi connectivity index (χ1v) is 5.31. The molecule has 0 bridgehead atoms. The Morgan fingerprint density at radius 2 is 2.33 bits per heavy atom. The highest BCUT2D eigenvalue weighted by Crippen LogP contribution is 2.23. The van der Waals surface area contributed by atoms with Crippen molar-refractivity contribution in [3.05, 3.63) is 0 Å². The van der Waals surface area contributed by atoms with Gasteiger partial charge in [0.15, 0.2) is 0 Å². The standard InChI is InChI=1S/C9H16ClNO/c10-5-8-1-3-11(6-8)9-2-4-12-7-9/h8-9H,1-7H2. The van der Waals surface area contributed by atoms with Crippen LogP contribution < -0.4 is 0 Å². The Labute approximate surface area is 78.8 Å². The van der Waals surface area contributed by atoms with Gasteiger partial charge in [0.25, 0.3) is 0 Å². The van der Waals surface area contributed by atoms with Crippen molar-refractivity contribution >= 4 is 11.6 Å². The van der Waals surface area contributed by atoms with Gasteiger partial charge in [0.1, 0.15) is 0 Å². The van der Waals surface area contributed by atoms with Crippen molar-refractivity contribution < 1.29 is 4.74 Å². The second-order valence-electron chi connectivity index (χ2n) is 3.82. The molecule has 0 saturated carbocycles. The molecule has 70 valence electrons. The molecule has 0 aromatic rings. The van der Waals surface area contributed by atoms with E-state index in [0.29, 0.717) is 6.04 Å². The van der Waals surface area contributed by atoms with Crippen LogP contribution in [-0.4, -0.2) is 43.1 Å². The second-order valence-corrected chi connectivity index (χ2v) is 4.13. The Bertz CT molecular complexity index is 147. The van der Waals surface area contributed by atoms with Crippen LogP contribution in [0.3, 0.4) is 0 Å². The maximum atomic E-state index is 5.82. The van der Waals surface area contributed by atoms with Gasteiger partial charge in [0.2, 0.25) is 0 Å². The van der Waals surface area contributed by atoms with Crippen LogP contribution in [-0.2, 0) is 4.74 Å². The predicted octanol–water partition coefficient (Wildman–Crippen LogP) is 1.34. The molecule has 2 saturated heterocycles. The topological polar surface area (TPSA) is 12.5 Å². The van der Waals surface area contributed by atoms with E-state index >= 15 is 0 Å². The van der Waals surface area contributed by atoms with E-state index in [4.69, 9.17) is 16.3 Å². The van der Waals surface area contributed by atoms with Crippen molar-refractivity contribution in [1.82, 2.24) is 4.90 Å². The van der Waals surface area contributed by atoms with E-state index in [1.165, 1.54) is 25.9 Å². The van der Waals surface area contributed by atoms with Crippen molar-refractivity contribution in [2.24, 2.45) is 5.92 Å². The summed E-state index contributed by atoms with van der Waals surface area (Å²) in [5.74, 6) is 1.55. The van der Waals surface area contributed by atoms with Crippen LogP contribution in [0.4, 0.5) is 0 Å². The molecule has 0 aliphatic carbocycles. The molecule has 0 aromatic heterocycles. The Morgan fingerprint density at radius 1 is 1.42 bits per heavy atom. The minimum absolute atomic E-state index is 0.693. The molecule has 2 aliphatic heterocycles. The smallest absolute Gasteiger partial charge is 0.0622 e. The van der Waals surface area contributed by atoms with E-state index in [-0.39, 0.29) is 0 Å². The van der Waals surface area contributed by atoms with Crippen LogP contribution in [0.15, 0.2) is 0 Å². The number of likely N-dealkylation sites (tertiary alicyclic amines) is 1. The van der Waals surface area contributed by atoms with Gasteiger partial charge < -0.3 is 4.74 Å². The van der Waals surface area contributed by atoms with E-state index in [9.17, 15) is 0 Å². The highest BCUT2D eigenvalue weighted by Gasteiger charge is 2.29. The monoisotopic (exact) mass is 189 g/mol. The molecule has 2 aliphatic rings. The average molecular weight is 190 g/mol. The lowest BCUT2D eigenvalue weighted by molar-refractivity contribution is 0.157. The molecule has 2 fully saturated rings. The van der Waals surface area contributed by atoms with E-state index in [0.717, 1.165) is 25.0 Å². The molecule has 2 unspecified atom stereocenters. The van der Waals surface area contributed by atoms with Gasteiger partial charge in [-0.15, -0.1) is 11.6 Å². The first kappa shape index (κ1) is 8.79. The number of hydrogen-bond acceptors (Lipinski definition) is 2. The van der Waals surface area contributed by atoms with Crippen molar-refractivity contribution in [3.63, 3.8) is 0 Å². The molecular formula is C9H16ClNO. The number of nitrogens with zero attached hydrogens (tertiary/aromatic N) is 1. The Hall–Kier alpha value is 0.210. The summed E-state index contributed by atoms with van der Waals surface area (Å²) in [5.41, 5.74) is 0. The van der Waals surface area contributed by atoms with Gasteiger partial charge in [-0.05, 0) is 25.3 Å². The molecule has 0 aromatic carbocycles. The molecule has 0 amide bonds. The van der Waals surface area contributed by atoms with Crippen molar-refractivity contribution in [2.75, 3.05) is 32.2 Å². The molecule has 2 heterocycles. The maximum Gasteiger partial charge on any atom is 0.0622 e. The average Bonchev–Trinajstić information content (AvgIpc) is 2.75. The zero-order valence-corrected chi connectivity index (χ0v) is 8.09. The summed E-state index contributed by atoms with van der Waals surface area (Å²) in [6, 6.07) is 0.693. The molecule has 0 N–H and O–H groups in total. The summed E-state index contributed by atoms with van der Waals surface area (Å²) >= 11 is 5.82. The van der Waals surface area contributed by atoms with Gasteiger partial charge in [0, 0.05) is 25.1 Å². The fourth-order valence-electron chi connectivity index (χ4n) is 2.13. The Morgan fingerprint density at radius 3 is 2.92 bits per heavy atom. The van der Waals surface area contributed by atoms with E-state index in [2.05, 4.69) is 4.90 Å². The van der Waals surface area contributed by atoms with Gasteiger partial charge in [-0.2, -0.15) is 0 Å². The number of halogens is 1. The first-order chi connectivity index (χ1) is 5.90. The molecule has 2 rings (SSSR count). The lowest BCUT2D eigenvalue weighted by Crippen LogP contribution is -2.33. The maximum absolute atomic E-state index is 5.82. The predicted molar refractivity (Wildman–Crippen MR) is 49.6 cm³/mol. The lowest BCUT2D eigenvalue weighted by atomic mass is 10.1. The van der Waals surface area contributed by atoms with Crippen molar-refractivity contribution in [3.8, 4) is 0 Å². The fraction of sp³-hybridized carbons (Fsp3) is 1.00. The normalized spacial score (nSPS) is 37.8. The number of ether oxygens (including phenoxy) is 1. The largest absolute Gasteiger partial charge is 0.380 e. The van der Waals surface area contributed by atoms with Gasteiger partial charge >= 0.3 is 0 Å². The van der Waals surface area contributed by atoms with Crippen LogP contribution in [0.1, 0.15) is 12.8 Å². The van der Waals surface area contributed by atoms with E-state index in [1.54, 1.807) is 0 Å². The van der Waals surface area contributed by atoms with Crippen LogP contribution in [0, 0.1) is 5.92 Å². The fourth-order valence-corrected chi connectivity index (χ4v) is 2.38. The number of alkyl halides is 1. The number of rotatable bonds is 2. The van der Waals surface area contributed by atoms with Gasteiger partial charge in [-0.25, -0.2) is 0 Å². The quantitative estimate of drug-likeness (QED) is 0.608. The minimum atomic E-state index is 0.693. The molecule has 0 radical (unpaired) electrons. The summed E-state index contributed by atoms with van der Waals surface area (Å²) in [6.07, 6.45) is 2.50. The van der Waals surface area contributed by atoms with Gasteiger partial charge in [-0.1, -0.05) is 0 Å². The zero-order chi connectivity index (χ0) is 8.39.